The summed E-state index contributed by atoms with van der Waals surface area (Å²) in [4.78, 5) is 0. The first-order valence-corrected chi connectivity index (χ1v) is 6.93. The monoisotopic (exact) mass is 275 g/mol. The number of fused-ring (bicyclic) bond motifs is 1. The van der Waals surface area contributed by atoms with E-state index < -0.39 is 0 Å². The molecule has 2 rings (SSSR count). The van der Waals surface area contributed by atoms with E-state index in [9.17, 15) is 0 Å². The lowest BCUT2D eigenvalue weighted by molar-refractivity contribution is 0.0691. The molecule has 0 aliphatic carbocycles. The molecule has 0 aliphatic heterocycles. The fourth-order valence-corrected chi connectivity index (χ4v) is 1.94. The quantitative estimate of drug-likeness (QED) is 0.712. The van der Waals surface area contributed by atoms with E-state index in [-0.39, 0.29) is 0 Å². The van der Waals surface area contributed by atoms with E-state index in [0.29, 0.717) is 13.2 Å². The van der Waals surface area contributed by atoms with Crippen LogP contribution in [-0.4, -0.2) is 43.7 Å². The van der Waals surface area contributed by atoms with Gasteiger partial charge in [-0.3, -0.25) is 0 Å². The van der Waals surface area contributed by atoms with Crippen LogP contribution in [0.3, 0.4) is 0 Å². The van der Waals surface area contributed by atoms with E-state index in [0.717, 1.165) is 42.6 Å². The second-order valence-electron chi connectivity index (χ2n) is 4.52. The Balaban J connectivity index is 1.71. The van der Waals surface area contributed by atoms with Crippen molar-refractivity contribution < 1.29 is 9.47 Å². The third-order valence-electron chi connectivity index (χ3n) is 3.01. The van der Waals surface area contributed by atoms with Crippen molar-refractivity contribution in [2.24, 2.45) is 0 Å². The molecule has 0 spiro atoms. The molecule has 0 bridgehead atoms. The number of nitrogens with one attached hydrogen (secondary N) is 1. The molecule has 0 fully saturated rings. The van der Waals surface area contributed by atoms with E-state index in [2.05, 4.69) is 21.6 Å². The highest BCUT2D eigenvalue weighted by molar-refractivity contribution is 5.90. The molecule has 0 atom stereocenters. The largest absolute Gasteiger partial charge is 0.382 e. The second kappa shape index (κ2) is 8.45. The van der Waals surface area contributed by atoms with Gasteiger partial charge in [0.15, 0.2) is 5.82 Å². The molecule has 1 aromatic heterocycles. The molecule has 20 heavy (non-hydrogen) atoms. The van der Waals surface area contributed by atoms with E-state index in [1.807, 2.05) is 18.2 Å². The summed E-state index contributed by atoms with van der Waals surface area (Å²) in [5.74, 6) is 0.850. The predicted octanol–water partition coefficient (Wildman–Crippen LogP) is 2.48. The summed E-state index contributed by atoms with van der Waals surface area (Å²) in [5, 5.41) is 13.7. The average molecular weight is 275 g/mol. The zero-order chi connectivity index (χ0) is 14.0. The SMILES string of the molecule is COCCOCCCCNc1nncc2ccccc12. The Morgan fingerprint density at radius 1 is 1.10 bits per heavy atom. The van der Waals surface area contributed by atoms with Gasteiger partial charge in [0.2, 0.25) is 0 Å². The normalized spacial score (nSPS) is 10.8. The summed E-state index contributed by atoms with van der Waals surface area (Å²) in [6, 6.07) is 8.11. The van der Waals surface area contributed by atoms with E-state index in [4.69, 9.17) is 9.47 Å². The van der Waals surface area contributed by atoms with Gasteiger partial charge in [-0.2, -0.15) is 5.10 Å². The van der Waals surface area contributed by atoms with Crippen molar-refractivity contribution in [2.45, 2.75) is 12.8 Å². The Hall–Kier alpha value is -1.72. The molecule has 5 heteroatoms. The summed E-state index contributed by atoms with van der Waals surface area (Å²) < 4.78 is 10.3. The van der Waals surface area contributed by atoms with Gasteiger partial charge >= 0.3 is 0 Å². The lowest BCUT2D eigenvalue weighted by Crippen LogP contribution is -2.07. The lowest BCUT2D eigenvalue weighted by Gasteiger charge is -2.08. The minimum absolute atomic E-state index is 0.657. The summed E-state index contributed by atoms with van der Waals surface area (Å²) in [6.45, 7) is 2.96. The molecule has 0 aliphatic rings. The van der Waals surface area contributed by atoms with Crippen LogP contribution in [0, 0.1) is 0 Å². The predicted molar refractivity (Wildman–Crippen MR) is 80.0 cm³/mol. The van der Waals surface area contributed by atoms with Gasteiger partial charge in [0.1, 0.15) is 0 Å². The number of hydrogen-bond acceptors (Lipinski definition) is 5. The maximum Gasteiger partial charge on any atom is 0.156 e. The van der Waals surface area contributed by atoms with Crippen molar-refractivity contribution in [3.05, 3.63) is 30.5 Å². The summed E-state index contributed by atoms with van der Waals surface area (Å²) >= 11 is 0. The van der Waals surface area contributed by atoms with Crippen molar-refractivity contribution in [3.8, 4) is 0 Å². The third kappa shape index (κ3) is 4.43. The van der Waals surface area contributed by atoms with Crippen LogP contribution in [0.5, 0.6) is 0 Å². The first-order valence-electron chi connectivity index (χ1n) is 6.93. The highest BCUT2D eigenvalue weighted by Gasteiger charge is 2.01. The topological polar surface area (TPSA) is 56.3 Å². The van der Waals surface area contributed by atoms with Crippen molar-refractivity contribution >= 4 is 16.6 Å². The van der Waals surface area contributed by atoms with Crippen LogP contribution in [0.4, 0.5) is 5.82 Å². The molecule has 108 valence electrons. The number of nitrogens with zero attached hydrogens (tertiary/aromatic N) is 2. The van der Waals surface area contributed by atoms with Crippen LogP contribution in [0.15, 0.2) is 30.5 Å². The number of unbranched alkanes of at least 4 members (excludes halogenated alkanes) is 1. The number of anilines is 1. The molecule has 0 saturated heterocycles. The van der Waals surface area contributed by atoms with Crippen molar-refractivity contribution in [3.63, 3.8) is 0 Å². The molecular formula is C15H21N3O2. The molecule has 0 saturated carbocycles. The molecule has 2 aromatic rings. The summed E-state index contributed by atoms with van der Waals surface area (Å²) in [6.07, 6.45) is 3.84. The van der Waals surface area contributed by atoms with E-state index >= 15 is 0 Å². The number of ether oxygens (including phenoxy) is 2. The smallest absolute Gasteiger partial charge is 0.156 e. The molecule has 0 radical (unpaired) electrons. The molecule has 1 aromatic carbocycles. The van der Waals surface area contributed by atoms with Gasteiger partial charge in [-0.1, -0.05) is 24.3 Å². The fourth-order valence-electron chi connectivity index (χ4n) is 1.94. The van der Waals surface area contributed by atoms with Gasteiger partial charge in [-0.25, -0.2) is 0 Å². The maximum absolute atomic E-state index is 5.42. The minimum Gasteiger partial charge on any atom is -0.382 e. The fraction of sp³-hybridized carbons (Fsp3) is 0.467. The van der Waals surface area contributed by atoms with Crippen molar-refractivity contribution in [1.29, 1.82) is 0 Å². The third-order valence-corrected chi connectivity index (χ3v) is 3.01. The van der Waals surface area contributed by atoms with Crippen molar-refractivity contribution in [1.82, 2.24) is 10.2 Å². The van der Waals surface area contributed by atoms with Gasteiger partial charge in [-0.05, 0) is 12.8 Å². The Morgan fingerprint density at radius 2 is 2.00 bits per heavy atom. The second-order valence-corrected chi connectivity index (χ2v) is 4.52. The van der Waals surface area contributed by atoms with Gasteiger partial charge in [0.05, 0.1) is 19.4 Å². The Kier molecular flexibility index (Phi) is 6.20. The Bertz CT molecular complexity index is 514. The summed E-state index contributed by atoms with van der Waals surface area (Å²) in [5.41, 5.74) is 0. The van der Waals surface area contributed by atoms with Gasteiger partial charge < -0.3 is 14.8 Å². The molecular weight excluding hydrogens is 254 g/mol. The Labute approximate surface area is 119 Å². The van der Waals surface area contributed by atoms with Gasteiger partial charge in [0.25, 0.3) is 0 Å². The minimum atomic E-state index is 0.657. The van der Waals surface area contributed by atoms with Crippen LogP contribution >= 0.6 is 0 Å². The first-order chi connectivity index (χ1) is 9.92. The van der Waals surface area contributed by atoms with Gasteiger partial charge in [0, 0.05) is 31.0 Å². The van der Waals surface area contributed by atoms with Crippen LogP contribution < -0.4 is 5.32 Å². The molecule has 1 N–H and O–H groups in total. The average Bonchev–Trinajstić information content (AvgIpc) is 2.50. The van der Waals surface area contributed by atoms with Crippen LogP contribution in [0.2, 0.25) is 0 Å². The number of aromatic nitrogens is 2. The maximum atomic E-state index is 5.42. The van der Waals surface area contributed by atoms with Crippen LogP contribution in [0.25, 0.3) is 10.8 Å². The van der Waals surface area contributed by atoms with E-state index in [1.54, 1.807) is 13.3 Å². The number of methoxy groups -OCH3 is 1. The van der Waals surface area contributed by atoms with Crippen LogP contribution in [0.1, 0.15) is 12.8 Å². The zero-order valence-corrected chi connectivity index (χ0v) is 11.8. The van der Waals surface area contributed by atoms with E-state index in [1.165, 1.54) is 0 Å². The highest BCUT2D eigenvalue weighted by Crippen LogP contribution is 2.18. The first kappa shape index (κ1) is 14.7. The van der Waals surface area contributed by atoms with Crippen molar-refractivity contribution in [2.75, 3.05) is 38.8 Å². The number of rotatable bonds is 9. The van der Waals surface area contributed by atoms with Gasteiger partial charge in [-0.15, -0.1) is 5.10 Å². The molecule has 0 amide bonds. The molecule has 1 heterocycles. The van der Waals surface area contributed by atoms with Crippen LogP contribution in [-0.2, 0) is 9.47 Å². The Morgan fingerprint density at radius 3 is 2.90 bits per heavy atom. The highest BCUT2D eigenvalue weighted by atomic mass is 16.5. The number of hydrogen-bond donors (Lipinski definition) is 1. The molecule has 5 nitrogen and oxygen atoms in total. The zero-order valence-electron chi connectivity index (χ0n) is 11.8. The molecule has 0 unspecified atom stereocenters. The number of benzene rings is 1. The summed E-state index contributed by atoms with van der Waals surface area (Å²) in [7, 11) is 1.68. The standard InChI is InChI=1S/C15H21N3O2/c1-19-10-11-20-9-5-4-8-16-15-14-7-3-2-6-13(14)12-17-18-15/h2-3,6-7,12H,4-5,8-11H2,1H3,(H,16,18). The lowest BCUT2D eigenvalue weighted by atomic mass is 10.2.